The fourth-order valence-electron chi connectivity index (χ4n) is 2.13. The minimum atomic E-state index is -0.206. The van der Waals surface area contributed by atoms with E-state index in [9.17, 15) is 4.39 Å². The second-order valence-corrected chi connectivity index (χ2v) is 6.01. The molecule has 18 heavy (non-hydrogen) atoms. The summed E-state index contributed by atoms with van der Waals surface area (Å²) < 4.78 is 13.3. The van der Waals surface area contributed by atoms with E-state index in [-0.39, 0.29) is 17.3 Å². The van der Waals surface area contributed by atoms with Gasteiger partial charge < -0.3 is 5.73 Å². The highest BCUT2D eigenvalue weighted by Gasteiger charge is 2.28. The number of benzene rings is 1. The first-order chi connectivity index (χ1) is 8.27. The van der Waals surface area contributed by atoms with Crippen molar-refractivity contribution in [3.05, 3.63) is 35.6 Å². The third-order valence-electron chi connectivity index (χ3n) is 3.81. The summed E-state index contributed by atoms with van der Waals surface area (Å²) in [5.74, 6) is -0.206. The van der Waals surface area contributed by atoms with Gasteiger partial charge in [-0.15, -0.1) is 0 Å². The fourth-order valence-corrected chi connectivity index (χ4v) is 2.13. The zero-order valence-electron chi connectivity index (χ0n) is 12.1. The maximum absolute atomic E-state index is 13.3. The first kappa shape index (κ1) is 15.1. The quantitative estimate of drug-likeness (QED) is 0.891. The molecule has 1 rings (SSSR count). The number of likely N-dealkylation sites (N-methyl/N-ethyl adjacent to an activating group) is 1. The van der Waals surface area contributed by atoms with Crippen LogP contribution >= 0.6 is 0 Å². The van der Waals surface area contributed by atoms with Crippen LogP contribution in [-0.4, -0.2) is 24.5 Å². The van der Waals surface area contributed by atoms with E-state index in [2.05, 4.69) is 39.6 Å². The Bertz CT molecular complexity index is 384. The average Bonchev–Trinajstić information content (AvgIpc) is 2.27. The summed E-state index contributed by atoms with van der Waals surface area (Å²) in [6, 6.07) is 7.12. The molecular weight excluding hydrogens is 227 g/mol. The molecule has 2 nitrogen and oxygen atoms in total. The molecule has 0 amide bonds. The standard InChI is InChI=1S/C15H25FN2/c1-11(15(2,3)4)18(5)14(10-17)12-7-6-8-13(16)9-12/h6-9,11,14H,10,17H2,1-5H3. The first-order valence-corrected chi connectivity index (χ1v) is 6.45. The highest BCUT2D eigenvalue weighted by Crippen LogP contribution is 2.29. The molecular formula is C15H25FN2. The second kappa shape index (κ2) is 5.81. The largest absolute Gasteiger partial charge is 0.329 e. The van der Waals surface area contributed by atoms with E-state index in [1.807, 2.05) is 6.07 Å². The van der Waals surface area contributed by atoms with Crippen molar-refractivity contribution in [2.24, 2.45) is 11.1 Å². The molecule has 0 spiro atoms. The minimum Gasteiger partial charge on any atom is -0.329 e. The second-order valence-electron chi connectivity index (χ2n) is 6.01. The summed E-state index contributed by atoms with van der Waals surface area (Å²) in [7, 11) is 2.05. The normalized spacial score (nSPS) is 15.8. The minimum absolute atomic E-state index is 0.0509. The van der Waals surface area contributed by atoms with E-state index in [0.717, 1.165) is 5.56 Å². The van der Waals surface area contributed by atoms with Gasteiger partial charge in [0, 0.05) is 18.6 Å². The van der Waals surface area contributed by atoms with Crippen molar-refractivity contribution in [3.8, 4) is 0 Å². The van der Waals surface area contributed by atoms with Gasteiger partial charge in [-0.3, -0.25) is 4.90 Å². The molecule has 0 aliphatic carbocycles. The molecule has 0 fully saturated rings. The maximum Gasteiger partial charge on any atom is 0.123 e. The molecule has 0 heterocycles. The molecule has 102 valence electrons. The molecule has 3 heteroatoms. The lowest BCUT2D eigenvalue weighted by Crippen LogP contribution is -2.43. The number of rotatable bonds is 4. The van der Waals surface area contributed by atoms with Crippen LogP contribution in [0.4, 0.5) is 4.39 Å². The Hall–Kier alpha value is -0.930. The number of nitrogens with two attached hydrogens (primary N) is 1. The van der Waals surface area contributed by atoms with E-state index in [1.54, 1.807) is 12.1 Å². The molecule has 0 bridgehead atoms. The molecule has 0 radical (unpaired) electrons. The number of nitrogens with zero attached hydrogens (tertiary/aromatic N) is 1. The lowest BCUT2D eigenvalue weighted by atomic mass is 9.86. The number of hydrogen-bond donors (Lipinski definition) is 1. The van der Waals surface area contributed by atoms with Gasteiger partial charge in [0.15, 0.2) is 0 Å². The molecule has 1 aromatic rings. The Morgan fingerprint density at radius 2 is 1.94 bits per heavy atom. The van der Waals surface area contributed by atoms with Gasteiger partial charge in [-0.2, -0.15) is 0 Å². The van der Waals surface area contributed by atoms with E-state index < -0.39 is 0 Å². The first-order valence-electron chi connectivity index (χ1n) is 6.45. The van der Waals surface area contributed by atoms with Gasteiger partial charge in [-0.25, -0.2) is 4.39 Å². The number of halogens is 1. The molecule has 0 aliphatic rings. The lowest BCUT2D eigenvalue weighted by molar-refractivity contribution is 0.1000. The van der Waals surface area contributed by atoms with Crippen molar-refractivity contribution in [2.75, 3.05) is 13.6 Å². The predicted octanol–water partition coefficient (Wildman–Crippen LogP) is 3.19. The van der Waals surface area contributed by atoms with Gasteiger partial charge in [0.2, 0.25) is 0 Å². The van der Waals surface area contributed by atoms with Gasteiger partial charge in [-0.05, 0) is 37.1 Å². The zero-order valence-corrected chi connectivity index (χ0v) is 12.1. The van der Waals surface area contributed by atoms with E-state index >= 15 is 0 Å². The molecule has 1 aromatic carbocycles. The Labute approximate surface area is 110 Å². The van der Waals surface area contributed by atoms with E-state index in [0.29, 0.717) is 12.6 Å². The Morgan fingerprint density at radius 1 is 1.33 bits per heavy atom. The van der Waals surface area contributed by atoms with Crippen LogP contribution in [0.15, 0.2) is 24.3 Å². The van der Waals surface area contributed by atoms with Crippen LogP contribution in [-0.2, 0) is 0 Å². The fraction of sp³-hybridized carbons (Fsp3) is 0.600. The van der Waals surface area contributed by atoms with Gasteiger partial charge in [-0.1, -0.05) is 32.9 Å². The zero-order chi connectivity index (χ0) is 13.9. The van der Waals surface area contributed by atoms with Crippen LogP contribution in [0.5, 0.6) is 0 Å². The van der Waals surface area contributed by atoms with Crippen LogP contribution in [0.2, 0.25) is 0 Å². The summed E-state index contributed by atoms with van der Waals surface area (Å²) >= 11 is 0. The topological polar surface area (TPSA) is 29.3 Å². The van der Waals surface area contributed by atoms with Crippen LogP contribution in [0.25, 0.3) is 0 Å². The molecule has 0 saturated carbocycles. The summed E-state index contributed by atoms with van der Waals surface area (Å²) in [5.41, 5.74) is 6.98. The SMILES string of the molecule is CC(N(C)C(CN)c1cccc(F)c1)C(C)(C)C. The number of hydrogen-bond acceptors (Lipinski definition) is 2. The smallest absolute Gasteiger partial charge is 0.123 e. The Kier molecular flexibility index (Phi) is 4.88. The molecule has 2 atom stereocenters. The van der Waals surface area contributed by atoms with E-state index in [1.165, 1.54) is 6.07 Å². The van der Waals surface area contributed by atoms with Crippen molar-refractivity contribution >= 4 is 0 Å². The van der Waals surface area contributed by atoms with Crippen molar-refractivity contribution in [1.82, 2.24) is 4.90 Å². The summed E-state index contributed by atoms with van der Waals surface area (Å²) in [4.78, 5) is 2.23. The lowest BCUT2D eigenvalue weighted by Gasteiger charge is -2.40. The van der Waals surface area contributed by atoms with Gasteiger partial charge >= 0.3 is 0 Å². The van der Waals surface area contributed by atoms with Crippen molar-refractivity contribution < 1.29 is 4.39 Å². The Balaban J connectivity index is 2.97. The van der Waals surface area contributed by atoms with Crippen molar-refractivity contribution in [2.45, 2.75) is 39.8 Å². The van der Waals surface area contributed by atoms with Crippen molar-refractivity contribution in [1.29, 1.82) is 0 Å². The molecule has 2 N–H and O–H groups in total. The summed E-state index contributed by atoms with van der Waals surface area (Å²) in [6.07, 6.45) is 0. The molecule has 0 aromatic heterocycles. The van der Waals surface area contributed by atoms with Gasteiger partial charge in [0.25, 0.3) is 0 Å². The molecule has 0 saturated heterocycles. The van der Waals surface area contributed by atoms with Gasteiger partial charge in [0.05, 0.1) is 0 Å². The van der Waals surface area contributed by atoms with Crippen LogP contribution in [0.3, 0.4) is 0 Å². The van der Waals surface area contributed by atoms with Crippen molar-refractivity contribution in [3.63, 3.8) is 0 Å². The summed E-state index contributed by atoms with van der Waals surface area (Å²) in [6.45, 7) is 9.27. The summed E-state index contributed by atoms with van der Waals surface area (Å²) in [5, 5.41) is 0. The highest BCUT2D eigenvalue weighted by atomic mass is 19.1. The Morgan fingerprint density at radius 3 is 2.39 bits per heavy atom. The molecule has 0 aliphatic heterocycles. The van der Waals surface area contributed by atoms with E-state index in [4.69, 9.17) is 5.73 Å². The van der Waals surface area contributed by atoms with Crippen LogP contribution < -0.4 is 5.73 Å². The van der Waals surface area contributed by atoms with Crippen LogP contribution in [0.1, 0.15) is 39.3 Å². The predicted molar refractivity (Wildman–Crippen MR) is 74.9 cm³/mol. The maximum atomic E-state index is 13.3. The third kappa shape index (κ3) is 3.53. The highest BCUT2D eigenvalue weighted by molar-refractivity contribution is 5.20. The van der Waals surface area contributed by atoms with Crippen LogP contribution in [0, 0.1) is 11.2 Å². The van der Waals surface area contributed by atoms with Gasteiger partial charge in [0.1, 0.15) is 5.82 Å². The average molecular weight is 252 g/mol. The molecule has 2 unspecified atom stereocenters. The monoisotopic (exact) mass is 252 g/mol. The third-order valence-corrected chi connectivity index (χ3v) is 3.81.